The van der Waals surface area contributed by atoms with Gasteiger partial charge in [-0.25, -0.2) is 13.8 Å². The Morgan fingerprint density at radius 3 is 2.54 bits per heavy atom. The summed E-state index contributed by atoms with van der Waals surface area (Å²) in [4.78, 5) is -0.665. The van der Waals surface area contributed by atoms with Crippen molar-refractivity contribution in [3.63, 3.8) is 0 Å². The van der Waals surface area contributed by atoms with Gasteiger partial charge in [0.25, 0.3) is 0 Å². The first-order valence-electron chi connectivity index (χ1n) is 12.5. The minimum Gasteiger partial charge on any atom is -0.387 e. The van der Waals surface area contributed by atoms with Crippen LogP contribution in [-0.2, 0) is 0 Å². The van der Waals surface area contributed by atoms with Crippen LogP contribution in [-0.4, -0.2) is 26.1 Å². The summed E-state index contributed by atoms with van der Waals surface area (Å²) in [6.45, 7) is 18.2. The van der Waals surface area contributed by atoms with E-state index in [9.17, 15) is 13.9 Å². The van der Waals surface area contributed by atoms with Gasteiger partial charge in [-0.2, -0.15) is 5.10 Å². The fourth-order valence-electron chi connectivity index (χ4n) is 4.11. The zero-order chi connectivity index (χ0) is 26.2. The van der Waals surface area contributed by atoms with Crippen molar-refractivity contribution >= 4 is 16.8 Å². The lowest BCUT2D eigenvalue weighted by atomic mass is 9.94. The first kappa shape index (κ1) is 29.1. The summed E-state index contributed by atoms with van der Waals surface area (Å²) in [5.74, 6) is -0.206. The van der Waals surface area contributed by atoms with Crippen molar-refractivity contribution < 1.29 is 13.9 Å². The van der Waals surface area contributed by atoms with E-state index in [0.717, 1.165) is 62.1 Å². The first-order chi connectivity index (χ1) is 16.6. The first-order valence-corrected chi connectivity index (χ1v) is 13.3. The number of thioether (sulfide) groups is 1. The second-order valence-corrected chi connectivity index (χ2v) is 10.9. The average Bonchev–Trinajstić information content (AvgIpc) is 3.08. The molecule has 192 valence electrons. The molecule has 0 bridgehead atoms. The van der Waals surface area contributed by atoms with Gasteiger partial charge in [0, 0.05) is 5.56 Å². The van der Waals surface area contributed by atoms with E-state index in [4.69, 9.17) is 5.10 Å². The minimum atomic E-state index is -0.829. The summed E-state index contributed by atoms with van der Waals surface area (Å²) in [5, 5.41) is 17.2. The summed E-state index contributed by atoms with van der Waals surface area (Å²) in [6.07, 6.45) is 10.5. The van der Waals surface area contributed by atoms with Crippen LogP contribution < -0.4 is 0 Å². The predicted octanol–water partition coefficient (Wildman–Crippen LogP) is 8.34. The zero-order valence-electron chi connectivity index (χ0n) is 21.8. The van der Waals surface area contributed by atoms with Crippen molar-refractivity contribution in [3.05, 3.63) is 83.6 Å². The average molecular weight is 503 g/mol. The van der Waals surface area contributed by atoms with E-state index >= 15 is 0 Å². The van der Waals surface area contributed by atoms with Crippen LogP contribution in [0.2, 0.25) is 0 Å². The Bertz CT molecular complexity index is 994. The van der Waals surface area contributed by atoms with Crippen LogP contribution in [0.15, 0.2) is 71.5 Å². The highest BCUT2D eigenvalue weighted by atomic mass is 32.2. The van der Waals surface area contributed by atoms with Crippen LogP contribution >= 0.6 is 11.8 Å². The molecule has 2 aliphatic rings. The summed E-state index contributed by atoms with van der Waals surface area (Å²) in [5.41, 5.74) is 2.98. The molecule has 1 aromatic carbocycles. The fraction of sp³-hybridized carbons (Fsp3) is 0.483. The molecule has 0 saturated carbocycles. The van der Waals surface area contributed by atoms with Crippen molar-refractivity contribution in [2.45, 2.75) is 84.1 Å². The molecule has 2 atom stereocenters. The molecular formula is C29H40F2N2OS. The lowest BCUT2D eigenvalue weighted by molar-refractivity contribution is 0.154. The zero-order valence-corrected chi connectivity index (χ0v) is 22.6. The quantitative estimate of drug-likeness (QED) is 0.381. The molecule has 1 spiro atoms. The molecule has 2 unspecified atom stereocenters. The van der Waals surface area contributed by atoms with E-state index in [1.165, 1.54) is 23.4 Å². The van der Waals surface area contributed by atoms with E-state index in [-0.39, 0.29) is 5.56 Å². The lowest BCUT2D eigenvalue weighted by Crippen LogP contribution is -2.43. The van der Waals surface area contributed by atoms with Gasteiger partial charge in [0.05, 0.1) is 11.8 Å². The Hall–Kier alpha value is -2.18. The molecule has 6 heteroatoms. The number of hydrogen-bond acceptors (Lipinski definition) is 4. The standard InChI is InChI=1S/C25H30F2N2OS.C4H10/c1-5-7-8-12-22-19(6-2)11-9-10-15-25(22)29(17(3)18(4)30)28-24(31-25)21-16-20(26)13-14-23(21)27;1-4(2)3/h5,8,12-14,16,18,30H,1,3,6-7,9-11,15H2,2,4H3;4H,1-3H3/b12-8-;. The molecule has 0 radical (unpaired) electrons. The fourth-order valence-corrected chi connectivity index (χ4v) is 5.63. The molecule has 1 heterocycles. The monoisotopic (exact) mass is 502 g/mol. The van der Waals surface area contributed by atoms with Crippen molar-refractivity contribution in [3.8, 4) is 0 Å². The third-order valence-corrected chi connectivity index (χ3v) is 7.20. The number of aliphatic hydroxyl groups excluding tert-OH is 1. The molecule has 3 nitrogen and oxygen atoms in total. The van der Waals surface area contributed by atoms with Gasteiger partial charge in [0.15, 0.2) is 0 Å². The van der Waals surface area contributed by atoms with Gasteiger partial charge < -0.3 is 5.11 Å². The number of allylic oxidation sites excluding steroid dienone is 3. The number of hydrazone groups is 1. The third-order valence-electron chi connectivity index (χ3n) is 5.77. The van der Waals surface area contributed by atoms with E-state index < -0.39 is 22.6 Å². The Morgan fingerprint density at radius 1 is 1.26 bits per heavy atom. The molecular weight excluding hydrogens is 462 g/mol. The summed E-state index contributed by atoms with van der Waals surface area (Å²) < 4.78 is 28.6. The van der Waals surface area contributed by atoms with Crippen molar-refractivity contribution in [2.24, 2.45) is 11.0 Å². The highest BCUT2D eigenvalue weighted by Gasteiger charge is 2.49. The molecule has 1 aliphatic heterocycles. The number of rotatable bonds is 7. The molecule has 1 aromatic rings. The van der Waals surface area contributed by atoms with Gasteiger partial charge in [0.2, 0.25) is 0 Å². The molecule has 0 aromatic heterocycles. The number of benzene rings is 1. The van der Waals surface area contributed by atoms with E-state index in [2.05, 4.69) is 53.0 Å². The van der Waals surface area contributed by atoms with Crippen LogP contribution in [0, 0.1) is 17.6 Å². The van der Waals surface area contributed by atoms with E-state index in [0.29, 0.717) is 10.7 Å². The maximum atomic E-state index is 14.6. The van der Waals surface area contributed by atoms with Crippen LogP contribution in [0.25, 0.3) is 0 Å². The molecule has 0 saturated heterocycles. The molecule has 1 aliphatic carbocycles. The van der Waals surface area contributed by atoms with Gasteiger partial charge in [-0.3, -0.25) is 0 Å². The Morgan fingerprint density at radius 2 is 1.94 bits per heavy atom. The molecule has 0 fully saturated rings. The van der Waals surface area contributed by atoms with Gasteiger partial charge >= 0.3 is 0 Å². The smallest absolute Gasteiger partial charge is 0.139 e. The van der Waals surface area contributed by atoms with Gasteiger partial charge in [0.1, 0.15) is 21.5 Å². The topological polar surface area (TPSA) is 35.8 Å². The molecule has 35 heavy (non-hydrogen) atoms. The largest absolute Gasteiger partial charge is 0.387 e. The number of halogens is 2. The van der Waals surface area contributed by atoms with Crippen LogP contribution in [0.5, 0.6) is 0 Å². The van der Waals surface area contributed by atoms with Crippen molar-refractivity contribution in [1.29, 1.82) is 0 Å². The normalized spacial score (nSPS) is 21.2. The minimum absolute atomic E-state index is 0.127. The summed E-state index contributed by atoms with van der Waals surface area (Å²) >= 11 is 1.42. The van der Waals surface area contributed by atoms with Crippen molar-refractivity contribution in [1.82, 2.24) is 5.01 Å². The SMILES string of the molecule is C=CC/C=C\C1=C(CC)CCCCC12SC(c1cc(F)ccc1F)=NN2C(=C)C(C)O.CC(C)C. The molecule has 3 rings (SSSR count). The predicted molar refractivity (Wildman–Crippen MR) is 146 cm³/mol. The van der Waals surface area contributed by atoms with Crippen LogP contribution in [0.4, 0.5) is 8.78 Å². The number of hydrogen-bond donors (Lipinski definition) is 1. The Labute approximate surface area is 214 Å². The highest BCUT2D eigenvalue weighted by molar-refractivity contribution is 8.16. The number of nitrogens with zero attached hydrogens (tertiary/aromatic N) is 2. The van der Waals surface area contributed by atoms with Crippen LogP contribution in [0.1, 0.15) is 78.7 Å². The van der Waals surface area contributed by atoms with E-state index in [1.54, 1.807) is 11.9 Å². The second kappa shape index (κ2) is 13.2. The lowest BCUT2D eigenvalue weighted by Gasteiger charge is -2.40. The van der Waals surface area contributed by atoms with Gasteiger partial charge in [-0.1, -0.05) is 69.8 Å². The maximum absolute atomic E-state index is 14.6. The maximum Gasteiger partial charge on any atom is 0.139 e. The second-order valence-electron chi connectivity index (χ2n) is 9.63. The van der Waals surface area contributed by atoms with E-state index in [1.807, 2.05) is 6.08 Å². The highest BCUT2D eigenvalue weighted by Crippen LogP contribution is 2.53. The van der Waals surface area contributed by atoms with Gasteiger partial charge in [-0.15, -0.1) is 6.58 Å². The number of aliphatic hydroxyl groups is 1. The third kappa shape index (κ3) is 7.17. The van der Waals surface area contributed by atoms with Gasteiger partial charge in [-0.05, 0) is 75.1 Å². The molecule has 1 N–H and O–H groups in total. The Balaban J connectivity index is 0.00000100. The molecule has 0 amide bonds. The van der Waals surface area contributed by atoms with Crippen LogP contribution in [0.3, 0.4) is 0 Å². The Kier molecular flexibility index (Phi) is 11.0. The summed E-state index contributed by atoms with van der Waals surface area (Å²) in [7, 11) is 0. The van der Waals surface area contributed by atoms with Crippen molar-refractivity contribution in [2.75, 3.05) is 0 Å². The summed E-state index contributed by atoms with van der Waals surface area (Å²) in [6, 6.07) is 3.40.